The molecule has 2 aliphatic rings. The van der Waals surface area contributed by atoms with Crippen molar-refractivity contribution in [3.63, 3.8) is 0 Å². The molecule has 2 heteroatoms. The lowest BCUT2D eigenvalue weighted by Gasteiger charge is -2.20. The van der Waals surface area contributed by atoms with Gasteiger partial charge in [0, 0.05) is 0 Å². The second-order valence-corrected chi connectivity index (χ2v) is 3.80. The van der Waals surface area contributed by atoms with Crippen molar-refractivity contribution in [2.45, 2.75) is 20.3 Å². The smallest absolute Gasteiger partial charge is 0.0724 e. The normalized spacial score (nSPS) is 27.6. The second kappa shape index (κ2) is 3.01. The minimum absolute atomic E-state index is 0.0837. The molecule has 0 aromatic rings. The summed E-state index contributed by atoms with van der Waals surface area (Å²) < 4.78 is 5.40. The van der Waals surface area contributed by atoms with Crippen molar-refractivity contribution in [3.8, 4) is 6.07 Å². The third-order valence-electron chi connectivity index (χ3n) is 3.04. The number of nitriles is 1. The summed E-state index contributed by atoms with van der Waals surface area (Å²) in [5.74, 6) is 0.0837. The van der Waals surface area contributed by atoms with Crippen molar-refractivity contribution in [2.24, 2.45) is 5.92 Å². The molecule has 1 saturated heterocycles. The van der Waals surface area contributed by atoms with E-state index in [2.05, 4.69) is 19.9 Å². The lowest BCUT2D eigenvalue weighted by Crippen LogP contribution is -2.11. The Labute approximate surface area is 78.5 Å². The summed E-state index contributed by atoms with van der Waals surface area (Å²) in [6, 6.07) is 2.35. The molecule has 2 nitrogen and oxygen atoms in total. The molecule has 0 saturated carbocycles. The van der Waals surface area contributed by atoms with Crippen molar-refractivity contribution in [2.75, 3.05) is 13.2 Å². The molecule has 0 amide bonds. The Morgan fingerprint density at radius 2 is 2.00 bits per heavy atom. The van der Waals surface area contributed by atoms with Gasteiger partial charge in [-0.05, 0) is 31.4 Å². The Balaban J connectivity index is 2.47. The fraction of sp³-hybridized carbons (Fsp3) is 0.545. The monoisotopic (exact) mass is 175 g/mol. The predicted molar refractivity (Wildman–Crippen MR) is 49.9 cm³/mol. The Morgan fingerprint density at radius 3 is 2.69 bits per heavy atom. The average Bonchev–Trinajstić information content (AvgIpc) is 2.60. The van der Waals surface area contributed by atoms with Crippen LogP contribution in [0.2, 0.25) is 0 Å². The third-order valence-corrected chi connectivity index (χ3v) is 3.04. The first-order valence-corrected chi connectivity index (χ1v) is 4.60. The van der Waals surface area contributed by atoms with Crippen LogP contribution in [0.3, 0.4) is 0 Å². The summed E-state index contributed by atoms with van der Waals surface area (Å²) in [4.78, 5) is 0. The predicted octanol–water partition coefficient (Wildman–Crippen LogP) is 2.19. The molecule has 1 heterocycles. The van der Waals surface area contributed by atoms with Crippen LogP contribution in [-0.4, -0.2) is 13.2 Å². The van der Waals surface area contributed by atoms with Crippen LogP contribution in [0.1, 0.15) is 20.3 Å². The van der Waals surface area contributed by atoms with Crippen molar-refractivity contribution >= 4 is 0 Å². The van der Waals surface area contributed by atoms with Crippen molar-refractivity contribution < 1.29 is 4.74 Å². The van der Waals surface area contributed by atoms with Crippen molar-refractivity contribution in [1.82, 2.24) is 0 Å². The highest BCUT2D eigenvalue weighted by Gasteiger charge is 2.27. The highest BCUT2D eigenvalue weighted by Crippen LogP contribution is 2.37. The molecular weight excluding hydrogens is 162 g/mol. The molecule has 0 bridgehead atoms. The van der Waals surface area contributed by atoms with E-state index in [1.807, 2.05) is 0 Å². The maximum Gasteiger partial charge on any atom is 0.0724 e. The number of ether oxygens (including phenoxy) is 1. The van der Waals surface area contributed by atoms with Gasteiger partial charge in [-0.25, -0.2) is 0 Å². The summed E-state index contributed by atoms with van der Waals surface area (Å²) in [6.45, 7) is 5.62. The van der Waals surface area contributed by atoms with Gasteiger partial charge in [0.05, 0.1) is 25.2 Å². The molecule has 1 atom stereocenters. The van der Waals surface area contributed by atoms with Gasteiger partial charge in [0.2, 0.25) is 0 Å². The highest BCUT2D eigenvalue weighted by atomic mass is 16.5. The molecule has 68 valence electrons. The molecule has 1 unspecified atom stereocenters. The number of hydrogen-bond acceptors (Lipinski definition) is 2. The van der Waals surface area contributed by atoms with Crippen LogP contribution in [0, 0.1) is 17.2 Å². The zero-order chi connectivity index (χ0) is 9.42. The average molecular weight is 175 g/mol. The first kappa shape index (κ1) is 8.52. The minimum Gasteiger partial charge on any atom is -0.372 e. The first-order valence-electron chi connectivity index (χ1n) is 4.60. The Bertz CT molecular complexity index is 344. The minimum atomic E-state index is 0.0837. The molecule has 0 N–H and O–H groups in total. The molecule has 0 radical (unpaired) electrons. The molecular formula is C11H13NO. The van der Waals surface area contributed by atoms with E-state index in [-0.39, 0.29) is 5.92 Å². The molecule has 13 heavy (non-hydrogen) atoms. The molecule has 1 aliphatic heterocycles. The zero-order valence-corrected chi connectivity index (χ0v) is 8.05. The molecule has 1 aliphatic carbocycles. The molecule has 0 spiro atoms. The van der Waals surface area contributed by atoms with Crippen LogP contribution in [0.4, 0.5) is 0 Å². The van der Waals surface area contributed by atoms with E-state index in [1.54, 1.807) is 0 Å². The summed E-state index contributed by atoms with van der Waals surface area (Å²) in [7, 11) is 0. The van der Waals surface area contributed by atoms with Crippen LogP contribution in [0.5, 0.6) is 0 Å². The zero-order valence-electron chi connectivity index (χ0n) is 8.05. The lowest BCUT2D eigenvalue weighted by atomic mass is 9.82. The van der Waals surface area contributed by atoms with Gasteiger partial charge < -0.3 is 4.74 Å². The van der Waals surface area contributed by atoms with E-state index in [0.717, 1.165) is 13.0 Å². The maximum atomic E-state index is 8.95. The Hall–Kier alpha value is -1.07. The van der Waals surface area contributed by atoms with Crippen LogP contribution in [0.15, 0.2) is 22.3 Å². The van der Waals surface area contributed by atoms with Gasteiger partial charge in [-0.1, -0.05) is 11.1 Å². The van der Waals surface area contributed by atoms with Crippen molar-refractivity contribution in [3.05, 3.63) is 22.3 Å². The largest absolute Gasteiger partial charge is 0.372 e. The Kier molecular flexibility index (Phi) is 1.97. The quantitative estimate of drug-likeness (QED) is 0.565. The summed E-state index contributed by atoms with van der Waals surface area (Å²) in [6.07, 6.45) is 0.893. The number of rotatable bonds is 0. The highest BCUT2D eigenvalue weighted by molar-refractivity contribution is 5.47. The van der Waals surface area contributed by atoms with Gasteiger partial charge in [-0.2, -0.15) is 5.26 Å². The standard InChI is InChI=1S/C11H13NO/c1-7-3-9(4-12)8(2)11-6-13-5-10(7)11/h9H,3,5-6H2,1-2H3. The van der Waals surface area contributed by atoms with E-state index in [9.17, 15) is 0 Å². The lowest BCUT2D eigenvalue weighted by molar-refractivity contribution is 0.214. The molecule has 0 aromatic heterocycles. The number of hydrogen-bond donors (Lipinski definition) is 0. The van der Waals surface area contributed by atoms with E-state index < -0.39 is 0 Å². The summed E-state index contributed by atoms with van der Waals surface area (Å²) in [5.41, 5.74) is 5.20. The molecule has 2 rings (SSSR count). The SMILES string of the molecule is CC1=C2COCC2=C(C)C(C#N)C1. The number of fused-ring (bicyclic) bond motifs is 1. The van der Waals surface area contributed by atoms with Crippen LogP contribution in [0.25, 0.3) is 0 Å². The van der Waals surface area contributed by atoms with Crippen LogP contribution < -0.4 is 0 Å². The fourth-order valence-corrected chi connectivity index (χ4v) is 2.10. The van der Waals surface area contributed by atoms with E-state index in [0.29, 0.717) is 6.61 Å². The van der Waals surface area contributed by atoms with E-state index in [4.69, 9.17) is 10.00 Å². The van der Waals surface area contributed by atoms with E-state index >= 15 is 0 Å². The van der Waals surface area contributed by atoms with Gasteiger partial charge in [-0.3, -0.25) is 0 Å². The summed E-state index contributed by atoms with van der Waals surface area (Å²) >= 11 is 0. The number of nitrogens with zero attached hydrogens (tertiary/aromatic N) is 1. The second-order valence-electron chi connectivity index (χ2n) is 3.80. The fourth-order valence-electron chi connectivity index (χ4n) is 2.10. The first-order chi connectivity index (χ1) is 6.24. The van der Waals surface area contributed by atoms with Gasteiger partial charge in [0.1, 0.15) is 0 Å². The van der Waals surface area contributed by atoms with Gasteiger partial charge in [0.15, 0.2) is 0 Å². The molecule has 0 aromatic carbocycles. The van der Waals surface area contributed by atoms with Gasteiger partial charge in [-0.15, -0.1) is 0 Å². The number of allylic oxidation sites excluding steroid dienone is 2. The Morgan fingerprint density at radius 1 is 1.31 bits per heavy atom. The summed E-state index contributed by atoms with van der Waals surface area (Å²) in [5, 5.41) is 8.95. The van der Waals surface area contributed by atoms with Crippen LogP contribution in [-0.2, 0) is 4.74 Å². The molecule has 1 fully saturated rings. The van der Waals surface area contributed by atoms with Gasteiger partial charge >= 0.3 is 0 Å². The topological polar surface area (TPSA) is 33.0 Å². The maximum absolute atomic E-state index is 8.95. The van der Waals surface area contributed by atoms with Crippen LogP contribution >= 0.6 is 0 Å². The van der Waals surface area contributed by atoms with Crippen molar-refractivity contribution in [1.29, 1.82) is 5.26 Å². The third kappa shape index (κ3) is 1.20. The van der Waals surface area contributed by atoms with E-state index in [1.165, 1.54) is 22.3 Å². The van der Waals surface area contributed by atoms with Gasteiger partial charge in [0.25, 0.3) is 0 Å².